The van der Waals surface area contributed by atoms with Gasteiger partial charge in [0.05, 0.1) is 23.5 Å². The van der Waals surface area contributed by atoms with E-state index < -0.39 is 27.2 Å². The minimum atomic E-state index is -4.24. The van der Waals surface area contributed by atoms with Gasteiger partial charge in [-0.25, -0.2) is 8.42 Å². The number of hydrogen-bond acceptors (Lipinski definition) is 3. The van der Waals surface area contributed by atoms with Gasteiger partial charge in [0.1, 0.15) is 0 Å². The van der Waals surface area contributed by atoms with Crippen LogP contribution in [0.15, 0.2) is 4.99 Å². The first-order valence-electron chi connectivity index (χ1n) is 6.81. The Morgan fingerprint density at radius 3 is 2.48 bits per heavy atom. The van der Waals surface area contributed by atoms with E-state index >= 15 is 0 Å². The van der Waals surface area contributed by atoms with Gasteiger partial charge in [-0.15, -0.1) is 0 Å². The van der Waals surface area contributed by atoms with Crippen LogP contribution >= 0.6 is 0 Å². The van der Waals surface area contributed by atoms with Crippen LogP contribution in [-0.2, 0) is 9.84 Å². The molecule has 0 saturated carbocycles. The van der Waals surface area contributed by atoms with Gasteiger partial charge in [-0.3, -0.25) is 4.99 Å². The quantitative estimate of drug-likeness (QED) is 0.628. The first-order valence-corrected chi connectivity index (χ1v) is 8.46. The number of halogens is 3. The molecule has 1 rings (SSSR count). The van der Waals surface area contributed by atoms with Gasteiger partial charge in [-0.05, 0) is 20.8 Å². The molecular formula is C12H22F3N3O2S. The van der Waals surface area contributed by atoms with E-state index in [-0.39, 0.29) is 25.4 Å². The maximum absolute atomic E-state index is 12.2. The number of aliphatic imine (C=N–C) groups is 1. The summed E-state index contributed by atoms with van der Waals surface area (Å²) in [5.41, 5.74) is 0. The van der Waals surface area contributed by atoms with E-state index in [9.17, 15) is 21.6 Å². The molecule has 1 fully saturated rings. The van der Waals surface area contributed by atoms with Crippen LogP contribution < -0.4 is 5.32 Å². The van der Waals surface area contributed by atoms with Gasteiger partial charge in [0.2, 0.25) is 0 Å². The highest BCUT2D eigenvalue weighted by molar-refractivity contribution is 7.92. The molecular weight excluding hydrogens is 307 g/mol. The van der Waals surface area contributed by atoms with E-state index in [1.165, 1.54) is 0 Å². The number of sulfone groups is 1. The van der Waals surface area contributed by atoms with Crippen molar-refractivity contribution in [1.29, 1.82) is 0 Å². The van der Waals surface area contributed by atoms with Crippen molar-refractivity contribution in [3.05, 3.63) is 0 Å². The molecule has 21 heavy (non-hydrogen) atoms. The molecule has 5 nitrogen and oxygen atoms in total. The first kappa shape index (κ1) is 18.1. The molecule has 1 aliphatic heterocycles. The van der Waals surface area contributed by atoms with E-state index in [1.54, 1.807) is 18.7 Å². The fourth-order valence-electron chi connectivity index (χ4n) is 2.04. The fraction of sp³-hybridized carbons (Fsp3) is 0.917. The molecule has 1 aliphatic rings. The summed E-state index contributed by atoms with van der Waals surface area (Å²) in [5, 5.41) is 2.92. The summed E-state index contributed by atoms with van der Waals surface area (Å²) in [6, 6.07) is 0. The highest BCUT2D eigenvalue weighted by Crippen LogP contribution is 2.24. The first-order chi connectivity index (χ1) is 9.48. The van der Waals surface area contributed by atoms with Gasteiger partial charge in [0, 0.05) is 19.6 Å². The van der Waals surface area contributed by atoms with Crippen molar-refractivity contribution in [1.82, 2.24) is 10.2 Å². The Morgan fingerprint density at radius 2 is 2.00 bits per heavy atom. The molecule has 9 heteroatoms. The van der Waals surface area contributed by atoms with Gasteiger partial charge in [0.15, 0.2) is 15.8 Å². The van der Waals surface area contributed by atoms with Crippen molar-refractivity contribution < 1.29 is 21.6 Å². The van der Waals surface area contributed by atoms with E-state index in [0.29, 0.717) is 12.5 Å². The lowest BCUT2D eigenvalue weighted by Gasteiger charge is -2.39. The van der Waals surface area contributed by atoms with E-state index in [4.69, 9.17) is 0 Å². The number of alkyl halides is 3. The van der Waals surface area contributed by atoms with E-state index in [1.807, 2.05) is 6.92 Å². The fourth-order valence-corrected chi connectivity index (χ4v) is 3.40. The molecule has 0 aliphatic carbocycles. The Balaban J connectivity index is 2.80. The molecule has 0 amide bonds. The lowest BCUT2D eigenvalue weighted by Crippen LogP contribution is -2.57. The lowest BCUT2D eigenvalue weighted by molar-refractivity contribution is -0.132. The standard InChI is InChI=1S/C12H22F3N3O2S/c1-4-16-10(17-6-5-12(13,14)15)18-7-8-21(19,20)11(2,3)9-18/h4-9H2,1-3H3,(H,16,17). The Bertz CT molecular complexity index is 486. The SMILES string of the molecule is CCNC(=NCCC(F)(F)F)N1CCS(=O)(=O)C(C)(C)C1. The van der Waals surface area contributed by atoms with E-state index in [0.717, 1.165) is 0 Å². The van der Waals surface area contributed by atoms with Crippen molar-refractivity contribution >= 4 is 15.8 Å². The Hall–Kier alpha value is -0.990. The number of rotatable bonds is 3. The van der Waals surface area contributed by atoms with Crippen molar-refractivity contribution in [2.24, 2.45) is 4.99 Å². The molecule has 0 atom stereocenters. The topological polar surface area (TPSA) is 61.8 Å². The summed E-state index contributed by atoms with van der Waals surface area (Å²) in [6.07, 6.45) is -5.23. The smallest absolute Gasteiger partial charge is 0.357 e. The third kappa shape index (κ3) is 5.05. The second-order valence-electron chi connectivity index (χ2n) is 5.60. The van der Waals surface area contributed by atoms with Crippen molar-refractivity contribution in [3.63, 3.8) is 0 Å². The van der Waals surface area contributed by atoms with Crippen LogP contribution in [0, 0.1) is 0 Å². The maximum Gasteiger partial charge on any atom is 0.390 e. The van der Waals surface area contributed by atoms with Crippen LogP contribution in [0.1, 0.15) is 27.2 Å². The highest BCUT2D eigenvalue weighted by Gasteiger charge is 2.41. The summed E-state index contributed by atoms with van der Waals surface area (Å²) in [7, 11) is -3.19. The number of nitrogens with zero attached hydrogens (tertiary/aromatic N) is 2. The van der Waals surface area contributed by atoms with Crippen LogP contribution in [0.25, 0.3) is 0 Å². The largest absolute Gasteiger partial charge is 0.390 e. The minimum Gasteiger partial charge on any atom is -0.357 e. The van der Waals surface area contributed by atoms with Crippen LogP contribution in [0.3, 0.4) is 0 Å². The average molecular weight is 329 g/mol. The summed E-state index contributed by atoms with van der Waals surface area (Å²) in [5.74, 6) is 0.314. The molecule has 1 saturated heterocycles. The van der Waals surface area contributed by atoms with Crippen molar-refractivity contribution in [2.75, 3.05) is 31.9 Å². The molecule has 1 N–H and O–H groups in total. The monoisotopic (exact) mass is 329 g/mol. The molecule has 124 valence electrons. The van der Waals surface area contributed by atoms with Crippen LogP contribution in [0.4, 0.5) is 13.2 Å². The van der Waals surface area contributed by atoms with E-state index in [2.05, 4.69) is 10.3 Å². The molecule has 1 heterocycles. The van der Waals surface area contributed by atoms with Crippen LogP contribution in [0.5, 0.6) is 0 Å². The molecule has 0 aromatic rings. The van der Waals surface area contributed by atoms with Crippen molar-refractivity contribution in [3.8, 4) is 0 Å². The lowest BCUT2D eigenvalue weighted by atomic mass is 10.2. The predicted octanol–water partition coefficient (Wildman–Crippen LogP) is 1.41. The van der Waals surface area contributed by atoms with Gasteiger partial charge < -0.3 is 10.2 Å². The molecule has 0 spiro atoms. The predicted molar refractivity (Wildman–Crippen MR) is 76.1 cm³/mol. The minimum absolute atomic E-state index is 0.0241. The van der Waals surface area contributed by atoms with Gasteiger partial charge in [-0.1, -0.05) is 0 Å². The van der Waals surface area contributed by atoms with Crippen LogP contribution in [-0.4, -0.2) is 62.1 Å². The maximum atomic E-state index is 12.2. The van der Waals surface area contributed by atoms with Crippen molar-refractivity contribution in [2.45, 2.75) is 38.1 Å². The van der Waals surface area contributed by atoms with Gasteiger partial charge in [-0.2, -0.15) is 13.2 Å². The Kier molecular flexibility index (Phi) is 5.51. The number of hydrogen-bond donors (Lipinski definition) is 1. The zero-order valence-corrected chi connectivity index (χ0v) is 13.3. The Labute approximate surface area is 123 Å². The average Bonchev–Trinajstić information content (AvgIpc) is 2.30. The summed E-state index contributed by atoms with van der Waals surface area (Å²) < 4.78 is 59.5. The Morgan fingerprint density at radius 1 is 1.38 bits per heavy atom. The number of nitrogens with one attached hydrogen (secondary N) is 1. The highest BCUT2D eigenvalue weighted by atomic mass is 32.2. The van der Waals surface area contributed by atoms with Crippen LogP contribution in [0.2, 0.25) is 0 Å². The summed E-state index contributed by atoms with van der Waals surface area (Å²) in [4.78, 5) is 5.66. The third-order valence-corrected chi connectivity index (χ3v) is 5.87. The molecule has 0 unspecified atom stereocenters. The second-order valence-corrected chi connectivity index (χ2v) is 8.34. The van der Waals surface area contributed by atoms with Gasteiger partial charge in [0.25, 0.3) is 0 Å². The molecule has 0 radical (unpaired) electrons. The molecule has 0 bridgehead atoms. The van der Waals surface area contributed by atoms with Gasteiger partial charge >= 0.3 is 6.18 Å². The molecule has 0 aromatic carbocycles. The zero-order valence-electron chi connectivity index (χ0n) is 12.5. The zero-order chi connectivity index (χ0) is 16.3. The second kappa shape index (κ2) is 6.41. The normalized spacial score (nSPS) is 22.2. The third-order valence-electron chi connectivity index (χ3n) is 3.33. The molecule has 0 aromatic heterocycles. The summed E-state index contributed by atoms with van der Waals surface area (Å²) >= 11 is 0. The number of guanidine groups is 1. The summed E-state index contributed by atoms with van der Waals surface area (Å²) in [6.45, 7) is 5.65.